The SMILES string of the molecule is CC(C)(c1ccc2c(c1)CN(c1cccc(N3COc4ccccc4C3)c1)CO2)c1ccc2c(c1)CN(c1cccc(N3COc4ccccc4C3)c1)CO2. The molecular formula is C47H44N4O4. The van der Waals surface area contributed by atoms with E-state index >= 15 is 0 Å². The van der Waals surface area contributed by atoms with Crippen molar-refractivity contribution >= 4 is 22.7 Å². The van der Waals surface area contributed by atoms with Crippen LogP contribution in [0.1, 0.15) is 47.2 Å². The molecule has 0 radical (unpaired) electrons. The lowest BCUT2D eigenvalue weighted by Gasteiger charge is -2.35. The number of anilines is 4. The number of fused-ring (bicyclic) bond motifs is 4. The van der Waals surface area contributed by atoms with Gasteiger partial charge in [-0.2, -0.15) is 0 Å². The molecule has 0 spiro atoms. The van der Waals surface area contributed by atoms with Crippen molar-refractivity contribution in [1.82, 2.24) is 0 Å². The quantitative estimate of drug-likeness (QED) is 0.168. The highest BCUT2D eigenvalue weighted by atomic mass is 16.5. The van der Waals surface area contributed by atoms with Crippen LogP contribution >= 0.6 is 0 Å². The Balaban J connectivity index is 0.853. The van der Waals surface area contributed by atoms with E-state index in [0.29, 0.717) is 26.9 Å². The van der Waals surface area contributed by atoms with E-state index in [1.807, 2.05) is 24.3 Å². The van der Waals surface area contributed by atoms with Crippen molar-refractivity contribution in [2.75, 3.05) is 46.5 Å². The van der Waals surface area contributed by atoms with E-state index in [1.54, 1.807) is 0 Å². The molecule has 0 unspecified atom stereocenters. The highest BCUT2D eigenvalue weighted by Crippen LogP contribution is 2.40. The predicted octanol–water partition coefficient (Wildman–Crippen LogP) is 9.44. The van der Waals surface area contributed by atoms with Crippen LogP contribution in [0.5, 0.6) is 23.0 Å². The van der Waals surface area contributed by atoms with Gasteiger partial charge < -0.3 is 38.5 Å². The Labute approximate surface area is 322 Å². The topological polar surface area (TPSA) is 49.9 Å². The van der Waals surface area contributed by atoms with Crippen LogP contribution in [0.2, 0.25) is 0 Å². The second-order valence-corrected chi connectivity index (χ2v) is 15.4. The van der Waals surface area contributed by atoms with Crippen LogP contribution in [-0.4, -0.2) is 26.9 Å². The maximum Gasteiger partial charge on any atom is 0.161 e. The number of para-hydroxylation sites is 2. The Kier molecular flexibility index (Phi) is 8.20. The van der Waals surface area contributed by atoms with E-state index in [0.717, 1.165) is 71.9 Å². The summed E-state index contributed by atoms with van der Waals surface area (Å²) in [6.07, 6.45) is 0. The number of nitrogens with zero attached hydrogens (tertiary/aromatic N) is 4. The first-order valence-corrected chi connectivity index (χ1v) is 19.1. The maximum atomic E-state index is 6.34. The van der Waals surface area contributed by atoms with Crippen LogP contribution in [0, 0.1) is 0 Å². The van der Waals surface area contributed by atoms with Crippen molar-refractivity contribution in [2.45, 2.75) is 45.4 Å². The smallest absolute Gasteiger partial charge is 0.161 e. The fourth-order valence-corrected chi connectivity index (χ4v) is 8.21. The van der Waals surface area contributed by atoms with Gasteiger partial charge in [0.05, 0.1) is 0 Å². The zero-order valence-corrected chi connectivity index (χ0v) is 31.3. The summed E-state index contributed by atoms with van der Waals surface area (Å²) in [7, 11) is 0. The molecule has 0 aromatic heterocycles. The molecule has 4 aliphatic rings. The van der Waals surface area contributed by atoms with Gasteiger partial charge in [0.1, 0.15) is 23.0 Å². The van der Waals surface area contributed by atoms with Crippen molar-refractivity contribution in [3.63, 3.8) is 0 Å². The predicted molar refractivity (Wildman–Crippen MR) is 217 cm³/mol. The van der Waals surface area contributed by atoms with E-state index < -0.39 is 0 Å². The number of hydrogen-bond donors (Lipinski definition) is 0. The van der Waals surface area contributed by atoms with Gasteiger partial charge in [0.25, 0.3) is 0 Å². The maximum absolute atomic E-state index is 6.34. The highest BCUT2D eigenvalue weighted by Gasteiger charge is 2.29. The van der Waals surface area contributed by atoms with Crippen molar-refractivity contribution in [3.05, 3.63) is 167 Å². The molecule has 276 valence electrons. The third-order valence-corrected chi connectivity index (χ3v) is 11.6. The first-order chi connectivity index (χ1) is 26.9. The summed E-state index contributed by atoms with van der Waals surface area (Å²) in [6, 6.07) is 47.3. The zero-order chi connectivity index (χ0) is 36.9. The average Bonchev–Trinajstić information content (AvgIpc) is 3.25. The minimum Gasteiger partial charge on any atom is -0.473 e. The lowest BCUT2D eigenvalue weighted by atomic mass is 9.77. The van der Waals surface area contributed by atoms with Gasteiger partial charge in [-0.3, -0.25) is 0 Å². The lowest BCUT2D eigenvalue weighted by Crippen LogP contribution is -2.34. The summed E-state index contributed by atoms with van der Waals surface area (Å²) < 4.78 is 24.8. The molecule has 0 bridgehead atoms. The van der Waals surface area contributed by atoms with E-state index in [-0.39, 0.29) is 5.41 Å². The Morgan fingerprint density at radius 1 is 0.364 bits per heavy atom. The van der Waals surface area contributed by atoms with Gasteiger partial charge in [-0.1, -0.05) is 74.5 Å². The van der Waals surface area contributed by atoms with E-state index in [2.05, 4.69) is 143 Å². The summed E-state index contributed by atoms with van der Waals surface area (Å²) in [6.45, 7) is 9.86. The van der Waals surface area contributed by atoms with Crippen LogP contribution in [0.25, 0.3) is 0 Å². The Morgan fingerprint density at radius 3 is 1.11 bits per heavy atom. The van der Waals surface area contributed by atoms with Gasteiger partial charge in [-0.15, -0.1) is 0 Å². The third kappa shape index (κ3) is 6.31. The molecule has 8 heteroatoms. The molecule has 4 aliphatic heterocycles. The van der Waals surface area contributed by atoms with Gasteiger partial charge in [0, 0.05) is 76.6 Å². The number of rotatable bonds is 6. The van der Waals surface area contributed by atoms with Gasteiger partial charge in [0.15, 0.2) is 26.9 Å². The number of benzene rings is 6. The molecular weight excluding hydrogens is 685 g/mol. The summed E-state index contributed by atoms with van der Waals surface area (Å²) in [4.78, 5) is 9.15. The van der Waals surface area contributed by atoms with Crippen LogP contribution in [-0.2, 0) is 31.6 Å². The molecule has 0 atom stereocenters. The van der Waals surface area contributed by atoms with Crippen LogP contribution < -0.4 is 38.5 Å². The molecule has 0 saturated heterocycles. The molecule has 0 aliphatic carbocycles. The third-order valence-electron chi connectivity index (χ3n) is 11.6. The van der Waals surface area contributed by atoms with E-state index in [9.17, 15) is 0 Å². The standard InChI is InChI=1S/C47H44N4O4/c1-47(2,37-17-19-45-35(21-37)27-50(31-54-45)41-13-7-11-39(23-41)48-25-33-9-3-5-15-43(33)52-29-48)38-18-20-46-36(22-38)28-51(32-55-46)42-14-8-12-40(24-42)49-26-34-10-4-6-16-44(34)53-30-49/h3-24H,25-32H2,1-2H3. The molecule has 0 amide bonds. The second kappa shape index (κ2) is 13.5. The minimum atomic E-state index is -0.246. The summed E-state index contributed by atoms with van der Waals surface area (Å²) in [5, 5.41) is 0. The monoisotopic (exact) mass is 728 g/mol. The van der Waals surface area contributed by atoms with Crippen molar-refractivity contribution < 1.29 is 18.9 Å². The largest absolute Gasteiger partial charge is 0.473 e. The molecule has 6 aromatic rings. The summed E-state index contributed by atoms with van der Waals surface area (Å²) in [5.41, 5.74) is 11.6. The Bertz CT molecular complexity index is 2230. The normalized spacial score (nSPS) is 16.0. The zero-order valence-electron chi connectivity index (χ0n) is 31.3. The molecule has 0 N–H and O–H groups in total. The Hall–Kier alpha value is -6.28. The molecule has 55 heavy (non-hydrogen) atoms. The first kappa shape index (κ1) is 33.3. The van der Waals surface area contributed by atoms with E-state index in [4.69, 9.17) is 18.9 Å². The van der Waals surface area contributed by atoms with Crippen LogP contribution in [0.4, 0.5) is 22.7 Å². The lowest BCUT2D eigenvalue weighted by molar-refractivity contribution is 0.287. The highest BCUT2D eigenvalue weighted by molar-refractivity contribution is 5.63. The van der Waals surface area contributed by atoms with Crippen molar-refractivity contribution in [1.29, 1.82) is 0 Å². The molecule has 4 heterocycles. The second-order valence-electron chi connectivity index (χ2n) is 15.4. The van der Waals surface area contributed by atoms with Gasteiger partial charge in [0.2, 0.25) is 0 Å². The molecule has 8 nitrogen and oxygen atoms in total. The van der Waals surface area contributed by atoms with Crippen LogP contribution in [0.15, 0.2) is 133 Å². The minimum absolute atomic E-state index is 0.246. The summed E-state index contributed by atoms with van der Waals surface area (Å²) in [5.74, 6) is 3.84. The van der Waals surface area contributed by atoms with E-state index in [1.165, 1.54) is 33.4 Å². The van der Waals surface area contributed by atoms with Crippen molar-refractivity contribution in [3.8, 4) is 23.0 Å². The van der Waals surface area contributed by atoms with Crippen LogP contribution in [0.3, 0.4) is 0 Å². The summed E-state index contributed by atoms with van der Waals surface area (Å²) >= 11 is 0. The fourth-order valence-electron chi connectivity index (χ4n) is 8.21. The molecule has 10 rings (SSSR count). The molecule has 0 saturated carbocycles. The van der Waals surface area contributed by atoms with Gasteiger partial charge >= 0.3 is 0 Å². The Morgan fingerprint density at radius 2 is 0.709 bits per heavy atom. The average molecular weight is 729 g/mol. The van der Waals surface area contributed by atoms with Crippen molar-refractivity contribution in [2.24, 2.45) is 0 Å². The fraction of sp³-hybridized carbons (Fsp3) is 0.234. The molecule has 6 aromatic carbocycles. The van der Waals surface area contributed by atoms with Gasteiger partial charge in [-0.25, -0.2) is 0 Å². The number of hydrogen-bond acceptors (Lipinski definition) is 8. The first-order valence-electron chi connectivity index (χ1n) is 19.1. The molecule has 0 fully saturated rings. The number of ether oxygens (including phenoxy) is 4. The van der Waals surface area contributed by atoms with Gasteiger partial charge in [-0.05, 0) is 83.9 Å².